The summed E-state index contributed by atoms with van der Waals surface area (Å²) in [6.07, 6.45) is 6.90. The zero-order valence-electron chi connectivity index (χ0n) is 20.4. The summed E-state index contributed by atoms with van der Waals surface area (Å²) >= 11 is 0. The normalized spacial score (nSPS) is 19.3. The third kappa shape index (κ3) is 5.12. The highest BCUT2D eigenvalue weighted by Crippen LogP contribution is 2.38. The van der Waals surface area contributed by atoms with E-state index in [-0.39, 0.29) is 23.1 Å². The van der Waals surface area contributed by atoms with Gasteiger partial charge in [-0.25, -0.2) is 17.6 Å². The highest BCUT2D eigenvalue weighted by molar-refractivity contribution is 5.67. The standard InChI is InChI=1S/C31H30F4O/c1-2-3-19-4-9-21(10-5-19)24-15-14-23(28(32)29(24)33)13-8-20-6-11-22(12-7-20)25-16-17-26(27-18-36-27)31(35)30(25)34/h4-5,9-11,14-17,20,27H,2-3,6-8,12-13,18H2,1H3. The summed E-state index contributed by atoms with van der Waals surface area (Å²) in [5, 5.41) is 0. The maximum absolute atomic E-state index is 14.9. The number of epoxide rings is 1. The van der Waals surface area contributed by atoms with Crippen LogP contribution < -0.4 is 0 Å². The number of ether oxygens (including phenoxy) is 1. The summed E-state index contributed by atoms with van der Waals surface area (Å²) in [7, 11) is 0. The second-order valence-corrected chi connectivity index (χ2v) is 9.91. The van der Waals surface area contributed by atoms with Crippen molar-refractivity contribution in [3.05, 3.63) is 100 Å². The van der Waals surface area contributed by atoms with Crippen molar-refractivity contribution in [3.8, 4) is 11.1 Å². The second-order valence-electron chi connectivity index (χ2n) is 9.91. The Kier molecular flexibility index (Phi) is 7.29. The number of aryl methyl sites for hydroxylation is 2. The lowest BCUT2D eigenvalue weighted by atomic mass is 9.83. The van der Waals surface area contributed by atoms with Gasteiger partial charge in [-0.2, -0.15) is 0 Å². The lowest BCUT2D eigenvalue weighted by molar-refractivity contribution is 0.401. The minimum absolute atomic E-state index is 0.276. The molecule has 1 saturated heterocycles. The van der Waals surface area contributed by atoms with E-state index in [0.717, 1.165) is 24.8 Å². The van der Waals surface area contributed by atoms with Crippen LogP contribution in [-0.4, -0.2) is 6.61 Å². The molecule has 0 bridgehead atoms. The molecule has 1 heterocycles. The van der Waals surface area contributed by atoms with Gasteiger partial charge in [0.1, 0.15) is 6.10 Å². The maximum Gasteiger partial charge on any atom is 0.166 e. The minimum atomic E-state index is -0.823. The van der Waals surface area contributed by atoms with Gasteiger partial charge in [0.05, 0.1) is 6.61 Å². The van der Waals surface area contributed by atoms with Gasteiger partial charge in [-0.1, -0.05) is 68.0 Å². The van der Waals surface area contributed by atoms with Crippen LogP contribution >= 0.6 is 0 Å². The molecule has 3 aromatic rings. The number of hydrogen-bond acceptors (Lipinski definition) is 1. The molecule has 2 unspecified atom stereocenters. The van der Waals surface area contributed by atoms with E-state index in [9.17, 15) is 17.6 Å². The summed E-state index contributed by atoms with van der Waals surface area (Å²) in [4.78, 5) is 0. The summed E-state index contributed by atoms with van der Waals surface area (Å²) in [6, 6.07) is 14.2. The number of hydrogen-bond donors (Lipinski definition) is 0. The van der Waals surface area contributed by atoms with Crippen LogP contribution in [0.5, 0.6) is 0 Å². The van der Waals surface area contributed by atoms with Gasteiger partial charge in [0.2, 0.25) is 0 Å². The van der Waals surface area contributed by atoms with Gasteiger partial charge in [0.25, 0.3) is 0 Å². The summed E-state index contributed by atoms with van der Waals surface area (Å²) in [5.74, 6) is -2.94. The van der Waals surface area contributed by atoms with Crippen LogP contribution in [0.3, 0.4) is 0 Å². The molecule has 1 fully saturated rings. The molecule has 5 rings (SSSR count). The molecule has 0 N–H and O–H groups in total. The molecule has 1 aliphatic carbocycles. The van der Waals surface area contributed by atoms with Crippen LogP contribution in [-0.2, 0) is 17.6 Å². The Morgan fingerprint density at radius 1 is 0.806 bits per heavy atom. The first kappa shape index (κ1) is 24.8. The van der Waals surface area contributed by atoms with Crippen LogP contribution in [0.25, 0.3) is 16.7 Å². The van der Waals surface area contributed by atoms with Crippen LogP contribution in [0, 0.1) is 29.2 Å². The van der Waals surface area contributed by atoms with Crippen molar-refractivity contribution in [3.63, 3.8) is 0 Å². The third-order valence-electron chi connectivity index (χ3n) is 7.45. The first-order valence-corrected chi connectivity index (χ1v) is 12.8. The predicted molar refractivity (Wildman–Crippen MR) is 134 cm³/mol. The van der Waals surface area contributed by atoms with Gasteiger partial charge in [0.15, 0.2) is 23.3 Å². The van der Waals surface area contributed by atoms with E-state index >= 15 is 0 Å². The number of allylic oxidation sites excluding steroid dienone is 2. The Labute approximate surface area is 209 Å². The van der Waals surface area contributed by atoms with Gasteiger partial charge in [-0.3, -0.25) is 0 Å². The second kappa shape index (κ2) is 10.6. The smallest absolute Gasteiger partial charge is 0.166 e. The van der Waals surface area contributed by atoms with Gasteiger partial charge < -0.3 is 4.74 Å². The van der Waals surface area contributed by atoms with Crippen LogP contribution in [0.4, 0.5) is 17.6 Å². The number of rotatable bonds is 8. The van der Waals surface area contributed by atoms with Crippen LogP contribution in [0.2, 0.25) is 0 Å². The molecule has 1 aliphatic heterocycles. The minimum Gasteiger partial charge on any atom is -0.368 e. The average Bonchev–Trinajstić information content (AvgIpc) is 3.73. The molecule has 0 radical (unpaired) electrons. The Bertz CT molecular complexity index is 1270. The topological polar surface area (TPSA) is 12.5 Å². The highest BCUT2D eigenvalue weighted by atomic mass is 19.2. The van der Waals surface area contributed by atoms with E-state index in [2.05, 4.69) is 6.92 Å². The van der Waals surface area contributed by atoms with E-state index < -0.39 is 23.3 Å². The fourth-order valence-corrected chi connectivity index (χ4v) is 5.19. The zero-order valence-corrected chi connectivity index (χ0v) is 20.4. The molecular weight excluding hydrogens is 464 g/mol. The quantitative estimate of drug-likeness (QED) is 0.225. The van der Waals surface area contributed by atoms with Crippen molar-refractivity contribution in [1.82, 2.24) is 0 Å². The Balaban J connectivity index is 1.22. The van der Waals surface area contributed by atoms with Crippen molar-refractivity contribution < 1.29 is 22.3 Å². The van der Waals surface area contributed by atoms with E-state index in [4.69, 9.17) is 4.74 Å². The zero-order chi connectivity index (χ0) is 25.2. The van der Waals surface area contributed by atoms with Gasteiger partial charge >= 0.3 is 0 Å². The lowest BCUT2D eigenvalue weighted by Crippen LogP contribution is -2.09. The molecule has 2 atom stereocenters. The van der Waals surface area contributed by atoms with Gasteiger partial charge in [-0.05, 0) is 66.7 Å². The Morgan fingerprint density at radius 3 is 2.19 bits per heavy atom. The summed E-state index contributed by atoms with van der Waals surface area (Å²) < 4.78 is 63.9. The van der Waals surface area contributed by atoms with Crippen molar-refractivity contribution >= 4 is 5.57 Å². The number of halogens is 4. The molecule has 5 heteroatoms. The molecule has 2 aliphatic rings. The third-order valence-corrected chi connectivity index (χ3v) is 7.45. The van der Waals surface area contributed by atoms with Crippen molar-refractivity contribution in [1.29, 1.82) is 0 Å². The van der Waals surface area contributed by atoms with E-state index in [1.807, 2.05) is 30.3 Å². The van der Waals surface area contributed by atoms with E-state index in [1.165, 1.54) is 5.56 Å². The Hall–Kier alpha value is -2.92. The lowest BCUT2D eigenvalue weighted by Gasteiger charge is -2.23. The SMILES string of the molecule is CCCc1ccc(-c2ccc(CCC3CC=C(c4ccc(C5CO5)c(F)c4F)CC3)c(F)c2F)cc1. The monoisotopic (exact) mass is 494 g/mol. The molecule has 3 aromatic carbocycles. The first-order chi connectivity index (χ1) is 17.5. The predicted octanol–water partition coefficient (Wildman–Crippen LogP) is 8.75. The van der Waals surface area contributed by atoms with Crippen molar-refractivity contribution in [2.24, 2.45) is 5.92 Å². The van der Waals surface area contributed by atoms with Crippen LogP contribution in [0.1, 0.15) is 67.4 Å². The molecule has 0 saturated carbocycles. The van der Waals surface area contributed by atoms with Crippen molar-refractivity contribution in [2.45, 2.75) is 58.0 Å². The summed E-state index contributed by atoms with van der Waals surface area (Å²) in [5.41, 5.74) is 3.89. The molecule has 0 amide bonds. The fourth-order valence-electron chi connectivity index (χ4n) is 5.19. The largest absolute Gasteiger partial charge is 0.368 e. The van der Waals surface area contributed by atoms with Gasteiger partial charge in [-0.15, -0.1) is 0 Å². The highest BCUT2D eigenvalue weighted by Gasteiger charge is 2.30. The summed E-state index contributed by atoms with van der Waals surface area (Å²) in [6.45, 7) is 2.54. The van der Waals surface area contributed by atoms with Crippen LogP contribution in [0.15, 0.2) is 54.6 Å². The molecule has 36 heavy (non-hydrogen) atoms. The first-order valence-electron chi connectivity index (χ1n) is 12.8. The molecule has 188 valence electrons. The van der Waals surface area contributed by atoms with Crippen molar-refractivity contribution in [2.75, 3.05) is 6.61 Å². The average molecular weight is 495 g/mol. The molecular formula is C31H30F4O. The molecule has 1 nitrogen and oxygen atoms in total. The van der Waals surface area contributed by atoms with E-state index in [1.54, 1.807) is 24.3 Å². The Morgan fingerprint density at radius 2 is 1.53 bits per heavy atom. The number of benzene rings is 3. The van der Waals surface area contributed by atoms with Gasteiger partial charge in [0, 0.05) is 16.7 Å². The molecule has 0 aromatic heterocycles. The maximum atomic E-state index is 14.9. The molecule has 0 spiro atoms. The van der Waals surface area contributed by atoms with E-state index in [0.29, 0.717) is 49.0 Å². The fraction of sp³-hybridized carbons (Fsp3) is 0.355.